The second-order valence-corrected chi connectivity index (χ2v) is 7.33. The summed E-state index contributed by atoms with van der Waals surface area (Å²) >= 11 is 0. The van der Waals surface area contributed by atoms with Crippen LogP contribution in [-0.4, -0.2) is 37.0 Å². The van der Waals surface area contributed by atoms with Gasteiger partial charge in [0.2, 0.25) is 11.8 Å². The third-order valence-electron chi connectivity index (χ3n) is 5.46. The average Bonchev–Trinajstić information content (AvgIpc) is 3.11. The van der Waals surface area contributed by atoms with Gasteiger partial charge < -0.3 is 15.4 Å². The summed E-state index contributed by atoms with van der Waals surface area (Å²) in [6.07, 6.45) is 7.32. The fraction of sp³-hybridized carbons (Fsp3) is 0.833. The van der Waals surface area contributed by atoms with Crippen molar-refractivity contribution in [1.29, 1.82) is 0 Å². The number of nitrogens with one attached hydrogen (secondary N) is 2. The van der Waals surface area contributed by atoms with Gasteiger partial charge in [0.05, 0.1) is 7.11 Å². The Balaban J connectivity index is 1.80. The highest BCUT2D eigenvalue weighted by Gasteiger charge is 2.43. The highest BCUT2D eigenvalue weighted by atomic mass is 16.5. The molecule has 0 atom stereocenters. The molecule has 0 radical (unpaired) electrons. The first-order chi connectivity index (χ1) is 11.5. The minimum Gasteiger partial charge on any atom is -0.467 e. The summed E-state index contributed by atoms with van der Waals surface area (Å²) in [5.74, 6) is 0.147. The van der Waals surface area contributed by atoms with E-state index in [4.69, 9.17) is 4.74 Å². The summed E-state index contributed by atoms with van der Waals surface area (Å²) in [5.41, 5.74) is -0.895. The second kappa shape index (κ2) is 8.49. The number of carbonyl (C=O) groups is 3. The first-order valence-corrected chi connectivity index (χ1v) is 9.14. The third-order valence-corrected chi connectivity index (χ3v) is 5.46. The maximum absolute atomic E-state index is 12.3. The molecule has 0 heterocycles. The van der Waals surface area contributed by atoms with Gasteiger partial charge in [-0.2, -0.15) is 0 Å². The molecule has 2 saturated carbocycles. The van der Waals surface area contributed by atoms with Crippen molar-refractivity contribution in [2.75, 3.05) is 13.7 Å². The third kappa shape index (κ3) is 4.71. The molecular formula is C18H30N2O4. The highest BCUT2D eigenvalue weighted by molar-refractivity contribution is 5.88. The van der Waals surface area contributed by atoms with E-state index >= 15 is 0 Å². The van der Waals surface area contributed by atoms with Crippen LogP contribution in [0.2, 0.25) is 0 Å². The number of hydrogen-bond acceptors (Lipinski definition) is 4. The van der Waals surface area contributed by atoms with Crippen LogP contribution in [0.3, 0.4) is 0 Å². The lowest BCUT2D eigenvalue weighted by atomic mass is 9.77. The Kier molecular flexibility index (Phi) is 6.63. The molecule has 6 heteroatoms. The zero-order valence-corrected chi connectivity index (χ0v) is 14.9. The highest BCUT2D eigenvalue weighted by Crippen LogP contribution is 2.33. The lowest BCUT2D eigenvalue weighted by Gasteiger charge is -2.37. The Labute approximate surface area is 144 Å². The summed E-state index contributed by atoms with van der Waals surface area (Å²) in [5, 5.41) is 5.72. The molecule has 0 aliphatic heterocycles. The molecule has 24 heavy (non-hydrogen) atoms. The Hall–Kier alpha value is -1.59. The van der Waals surface area contributed by atoms with Gasteiger partial charge in [-0.25, -0.2) is 4.79 Å². The number of methoxy groups -OCH3 is 1. The van der Waals surface area contributed by atoms with Crippen LogP contribution in [0.5, 0.6) is 0 Å². The van der Waals surface area contributed by atoms with Crippen LogP contribution in [0.1, 0.15) is 64.7 Å². The van der Waals surface area contributed by atoms with E-state index in [1.807, 2.05) is 0 Å². The Morgan fingerprint density at radius 2 is 1.71 bits per heavy atom. The number of hydrogen-bond donors (Lipinski definition) is 2. The van der Waals surface area contributed by atoms with E-state index in [0.717, 1.165) is 38.5 Å². The Bertz CT molecular complexity index is 464. The topological polar surface area (TPSA) is 84.5 Å². The number of esters is 1. The van der Waals surface area contributed by atoms with Crippen LogP contribution in [0, 0.1) is 11.8 Å². The standard InChI is InChI=1S/C18H30N2O4/c1-13-7-10-18(11-8-13,17(23)24-2)20-15(21)9-12-19-16(22)14-5-3-4-6-14/h13-14H,3-12H2,1-2H3,(H,19,22)(H,20,21). The van der Waals surface area contributed by atoms with Crippen LogP contribution in [0.4, 0.5) is 0 Å². The van der Waals surface area contributed by atoms with Gasteiger partial charge in [-0.15, -0.1) is 0 Å². The molecule has 136 valence electrons. The summed E-state index contributed by atoms with van der Waals surface area (Å²) in [4.78, 5) is 36.4. The van der Waals surface area contributed by atoms with Gasteiger partial charge in [0, 0.05) is 18.9 Å². The van der Waals surface area contributed by atoms with E-state index in [9.17, 15) is 14.4 Å². The zero-order valence-electron chi connectivity index (χ0n) is 14.9. The fourth-order valence-corrected chi connectivity index (χ4v) is 3.79. The van der Waals surface area contributed by atoms with Crippen LogP contribution in [-0.2, 0) is 19.1 Å². The predicted octanol–water partition coefficient (Wildman–Crippen LogP) is 1.92. The van der Waals surface area contributed by atoms with E-state index in [0.29, 0.717) is 25.3 Å². The molecule has 2 fully saturated rings. The zero-order chi connectivity index (χ0) is 17.6. The van der Waals surface area contributed by atoms with Crippen molar-refractivity contribution in [3.05, 3.63) is 0 Å². The van der Waals surface area contributed by atoms with Gasteiger partial charge >= 0.3 is 5.97 Å². The van der Waals surface area contributed by atoms with Gasteiger partial charge in [0.15, 0.2) is 0 Å². The summed E-state index contributed by atoms with van der Waals surface area (Å²) in [6.45, 7) is 2.47. The number of amides is 2. The normalized spacial score (nSPS) is 27.5. The van der Waals surface area contributed by atoms with Gasteiger partial charge in [-0.05, 0) is 44.4 Å². The number of carbonyl (C=O) groups excluding carboxylic acids is 3. The lowest BCUT2D eigenvalue weighted by molar-refractivity contribution is -0.153. The number of ether oxygens (including phenoxy) is 1. The van der Waals surface area contributed by atoms with Gasteiger partial charge in [0.1, 0.15) is 5.54 Å². The molecule has 0 unspecified atom stereocenters. The van der Waals surface area contributed by atoms with Crippen molar-refractivity contribution in [3.63, 3.8) is 0 Å². The van der Waals surface area contributed by atoms with Crippen LogP contribution in [0.25, 0.3) is 0 Å². The van der Waals surface area contributed by atoms with Crippen molar-refractivity contribution >= 4 is 17.8 Å². The fourth-order valence-electron chi connectivity index (χ4n) is 3.79. The minimum atomic E-state index is -0.895. The predicted molar refractivity (Wildman–Crippen MR) is 90.1 cm³/mol. The minimum absolute atomic E-state index is 0.0504. The summed E-state index contributed by atoms with van der Waals surface area (Å²) < 4.78 is 4.92. The monoisotopic (exact) mass is 338 g/mol. The van der Waals surface area contributed by atoms with Crippen molar-refractivity contribution in [1.82, 2.24) is 10.6 Å². The SMILES string of the molecule is COC(=O)C1(NC(=O)CCNC(=O)C2CCCC2)CCC(C)CC1. The molecule has 2 amide bonds. The van der Waals surface area contributed by atoms with Crippen LogP contribution >= 0.6 is 0 Å². The average molecular weight is 338 g/mol. The van der Waals surface area contributed by atoms with Gasteiger partial charge in [0.25, 0.3) is 0 Å². The molecule has 2 rings (SSSR count). The molecule has 0 spiro atoms. The molecule has 0 aromatic heterocycles. The maximum Gasteiger partial charge on any atom is 0.331 e. The quantitative estimate of drug-likeness (QED) is 0.725. The molecule has 2 N–H and O–H groups in total. The first-order valence-electron chi connectivity index (χ1n) is 9.14. The summed E-state index contributed by atoms with van der Waals surface area (Å²) in [7, 11) is 1.36. The maximum atomic E-state index is 12.3. The van der Waals surface area contributed by atoms with Crippen molar-refractivity contribution in [3.8, 4) is 0 Å². The smallest absolute Gasteiger partial charge is 0.331 e. The lowest BCUT2D eigenvalue weighted by Crippen LogP contribution is -2.57. The molecule has 0 aromatic carbocycles. The van der Waals surface area contributed by atoms with E-state index in [1.54, 1.807) is 0 Å². The van der Waals surface area contributed by atoms with E-state index in [2.05, 4.69) is 17.6 Å². The molecule has 6 nitrogen and oxygen atoms in total. The van der Waals surface area contributed by atoms with E-state index < -0.39 is 5.54 Å². The van der Waals surface area contributed by atoms with Gasteiger partial charge in [-0.1, -0.05) is 19.8 Å². The first kappa shape index (κ1) is 18.7. The molecular weight excluding hydrogens is 308 g/mol. The largest absolute Gasteiger partial charge is 0.467 e. The molecule has 2 aliphatic carbocycles. The molecule has 2 aliphatic rings. The van der Waals surface area contributed by atoms with E-state index in [1.165, 1.54) is 7.11 Å². The summed E-state index contributed by atoms with van der Waals surface area (Å²) in [6, 6.07) is 0. The van der Waals surface area contributed by atoms with Gasteiger partial charge in [-0.3, -0.25) is 9.59 Å². The van der Waals surface area contributed by atoms with Crippen molar-refractivity contribution in [2.45, 2.75) is 70.3 Å². The number of rotatable bonds is 6. The Morgan fingerprint density at radius 3 is 2.29 bits per heavy atom. The molecule has 0 aromatic rings. The molecule has 0 saturated heterocycles. The van der Waals surface area contributed by atoms with Crippen molar-refractivity contribution < 1.29 is 19.1 Å². The van der Waals surface area contributed by atoms with Crippen LogP contribution in [0.15, 0.2) is 0 Å². The van der Waals surface area contributed by atoms with Crippen molar-refractivity contribution in [2.24, 2.45) is 11.8 Å². The molecule has 0 bridgehead atoms. The Morgan fingerprint density at radius 1 is 1.08 bits per heavy atom. The van der Waals surface area contributed by atoms with E-state index in [-0.39, 0.29) is 30.1 Å². The second-order valence-electron chi connectivity index (χ2n) is 7.33. The van der Waals surface area contributed by atoms with Crippen LogP contribution < -0.4 is 10.6 Å².